The van der Waals surface area contributed by atoms with Gasteiger partial charge in [0.05, 0.1) is 19.3 Å². The fraction of sp³-hybridized carbons (Fsp3) is 0.500. The smallest absolute Gasteiger partial charge is 0.337 e. The summed E-state index contributed by atoms with van der Waals surface area (Å²) in [6.07, 6.45) is 0.882. The number of carbonyl (C=O) groups is 1. The number of nitrogens with one attached hydrogen (secondary N) is 1. The summed E-state index contributed by atoms with van der Waals surface area (Å²) in [6.45, 7) is 4.85. The van der Waals surface area contributed by atoms with Crippen molar-refractivity contribution in [2.75, 3.05) is 25.6 Å². The van der Waals surface area contributed by atoms with Crippen molar-refractivity contribution < 1.29 is 14.6 Å². The number of methoxy groups -OCH3 is 1. The minimum absolute atomic E-state index is 0.132. The molecule has 1 rings (SSSR count). The van der Waals surface area contributed by atoms with Gasteiger partial charge in [-0.25, -0.2) is 4.79 Å². The lowest BCUT2D eigenvalue weighted by Gasteiger charge is -2.26. The highest BCUT2D eigenvalue weighted by Gasteiger charge is 2.20. The molecule has 100 valence electrons. The fourth-order valence-electron chi connectivity index (χ4n) is 1.48. The van der Waals surface area contributed by atoms with Gasteiger partial charge in [0.2, 0.25) is 0 Å². The molecular formula is C14H21NO3. The largest absolute Gasteiger partial charge is 0.465 e. The molecule has 0 saturated carbocycles. The minimum atomic E-state index is -0.348. The molecule has 0 bridgehead atoms. The lowest BCUT2D eigenvalue weighted by Crippen LogP contribution is -2.29. The van der Waals surface area contributed by atoms with Crippen LogP contribution >= 0.6 is 0 Å². The SMILES string of the molecule is CCC(C)(CO)CNc1cccc(C(=O)OC)c1. The fourth-order valence-corrected chi connectivity index (χ4v) is 1.48. The van der Waals surface area contributed by atoms with E-state index < -0.39 is 0 Å². The molecule has 4 nitrogen and oxygen atoms in total. The Morgan fingerprint density at radius 3 is 2.78 bits per heavy atom. The molecule has 0 aliphatic heterocycles. The normalized spacial score (nSPS) is 13.8. The Balaban J connectivity index is 2.71. The first kappa shape index (κ1) is 14.5. The molecule has 0 aliphatic carbocycles. The second kappa shape index (κ2) is 6.40. The quantitative estimate of drug-likeness (QED) is 0.762. The van der Waals surface area contributed by atoms with Gasteiger partial charge in [0.15, 0.2) is 0 Å². The number of ether oxygens (including phenoxy) is 1. The second-order valence-corrected chi connectivity index (χ2v) is 4.75. The Morgan fingerprint density at radius 1 is 1.50 bits per heavy atom. The Bertz CT molecular complexity index is 400. The Kier molecular flexibility index (Phi) is 5.16. The first-order valence-corrected chi connectivity index (χ1v) is 6.08. The number of benzene rings is 1. The van der Waals surface area contributed by atoms with E-state index in [1.54, 1.807) is 18.2 Å². The maximum atomic E-state index is 11.4. The number of hydrogen-bond acceptors (Lipinski definition) is 4. The summed E-state index contributed by atoms with van der Waals surface area (Å²) in [6, 6.07) is 7.15. The van der Waals surface area contributed by atoms with Crippen molar-refractivity contribution in [2.24, 2.45) is 5.41 Å². The van der Waals surface area contributed by atoms with E-state index in [2.05, 4.69) is 10.1 Å². The Morgan fingerprint density at radius 2 is 2.22 bits per heavy atom. The highest BCUT2D eigenvalue weighted by Crippen LogP contribution is 2.21. The summed E-state index contributed by atoms with van der Waals surface area (Å²) < 4.78 is 4.67. The summed E-state index contributed by atoms with van der Waals surface area (Å²) >= 11 is 0. The maximum absolute atomic E-state index is 11.4. The van der Waals surface area contributed by atoms with Crippen LogP contribution in [0.25, 0.3) is 0 Å². The molecule has 0 aliphatic rings. The lowest BCUT2D eigenvalue weighted by molar-refractivity contribution is 0.0601. The summed E-state index contributed by atoms with van der Waals surface area (Å²) in [7, 11) is 1.36. The van der Waals surface area contributed by atoms with Crippen LogP contribution < -0.4 is 5.32 Å². The summed E-state index contributed by atoms with van der Waals surface area (Å²) in [5.41, 5.74) is 1.22. The van der Waals surface area contributed by atoms with Gasteiger partial charge in [-0.3, -0.25) is 0 Å². The molecule has 0 spiro atoms. The number of carbonyl (C=O) groups excluding carboxylic acids is 1. The van der Waals surface area contributed by atoms with Crippen LogP contribution in [0.5, 0.6) is 0 Å². The van der Waals surface area contributed by atoms with E-state index in [-0.39, 0.29) is 18.0 Å². The van der Waals surface area contributed by atoms with Crippen LogP contribution in [0.1, 0.15) is 30.6 Å². The van der Waals surface area contributed by atoms with Crippen LogP contribution in [0.2, 0.25) is 0 Å². The van der Waals surface area contributed by atoms with Crippen LogP contribution in [0, 0.1) is 5.41 Å². The lowest BCUT2D eigenvalue weighted by atomic mass is 9.88. The molecule has 1 aromatic carbocycles. The number of aliphatic hydroxyl groups excluding tert-OH is 1. The highest BCUT2D eigenvalue weighted by atomic mass is 16.5. The molecule has 1 atom stereocenters. The van der Waals surface area contributed by atoms with Crippen LogP contribution in [0.3, 0.4) is 0 Å². The molecule has 1 unspecified atom stereocenters. The van der Waals surface area contributed by atoms with Crippen molar-refractivity contribution in [3.05, 3.63) is 29.8 Å². The standard InChI is InChI=1S/C14H21NO3/c1-4-14(2,10-16)9-15-12-7-5-6-11(8-12)13(17)18-3/h5-8,15-16H,4,9-10H2,1-3H3. The third kappa shape index (κ3) is 3.74. The average molecular weight is 251 g/mol. The Labute approximate surface area is 108 Å². The number of esters is 1. The summed E-state index contributed by atoms with van der Waals surface area (Å²) in [5.74, 6) is -0.348. The van der Waals surface area contributed by atoms with E-state index in [0.717, 1.165) is 12.1 Å². The van der Waals surface area contributed by atoms with Crippen molar-refractivity contribution in [1.29, 1.82) is 0 Å². The van der Waals surface area contributed by atoms with Gasteiger partial charge in [-0.1, -0.05) is 19.9 Å². The van der Waals surface area contributed by atoms with Crippen molar-refractivity contribution in [3.63, 3.8) is 0 Å². The zero-order chi connectivity index (χ0) is 13.6. The number of rotatable bonds is 6. The molecule has 0 fully saturated rings. The van der Waals surface area contributed by atoms with Crippen molar-refractivity contribution in [1.82, 2.24) is 0 Å². The average Bonchev–Trinajstić information content (AvgIpc) is 2.44. The third-order valence-corrected chi connectivity index (χ3v) is 3.24. The number of hydrogen-bond donors (Lipinski definition) is 2. The van der Waals surface area contributed by atoms with Gasteiger partial charge in [-0.15, -0.1) is 0 Å². The molecule has 0 heterocycles. The zero-order valence-corrected chi connectivity index (χ0v) is 11.2. The molecule has 0 aromatic heterocycles. The summed E-state index contributed by atoms with van der Waals surface area (Å²) in [4.78, 5) is 11.4. The van der Waals surface area contributed by atoms with Gasteiger partial charge in [-0.05, 0) is 24.6 Å². The minimum Gasteiger partial charge on any atom is -0.465 e. The molecule has 2 N–H and O–H groups in total. The van der Waals surface area contributed by atoms with E-state index in [0.29, 0.717) is 12.1 Å². The van der Waals surface area contributed by atoms with Crippen molar-refractivity contribution in [3.8, 4) is 0 Å². The van der Waals surface area contributed by atoms with Crippen molar-refractivity contribution >= 4 is 11.7 Å². The van der Waals surface area contributed by atoms with Crippen LogP contribution in [-0.2, 0) is 4.74 Å². The maximum Gasteiger partial charge on any atom is 0.337 e. The zero-order valence-electron chi connectivity index (χ0n) is 11.2. The topological polar surface area (TPSA) is 58.6 Å². The second-order valence-electron chi connectivity index (χ2n) is 4.75. The van der Waals surface area contributed by atoms with E-state index in [9.17, 15) is 9.90 Å². The number of anilines is 1. The van der Waals surface area contributed by atoms with Gasteiger partial charge in [0.25, 0.3) is 0 Å². The van der Waals surface area contributed by atoms with E-state index in [4.69, 9.17) is 0 Å². The molecular weight excluding hydrogens is 230 g/mol. The first-order chi connectivity index (χ1) is 8.54. The monoisotopic (exact) mass is 251 g/mol. The van der Waals surface area contributed by atoms with Gasteiger partial charge < -0.3 is 15.2 Å². The van der Waals surface area contributed by atoms with Crippen LogP contribution in [0.15, 0.2) is 24.3 Å². The van der Waals surface area contributed by atoms with E-state index >= 15 is 0 Å². The van der Waals surface area contributed by atoms with E-state index in [1.807, 2.05) is 19.9 Å². The Hall–Kier alpha value is -1.55. The van der Waals surface area contributed by atoms with Crippen LogP contribution in [-0.4, -0.2) is 31.3 Å². The predicted molar refractivity (Wildman–Crippen MR) is 71.8 cm³/mol. The predicted octanol–water partition coefficient (Wildman–Crippen LogP) is 2.29. The third-order valence-electron chi connectivity index (χ3n) is 3.24. The molecule has 0 radical (unpaired) electrons. The molecule has 1 aromatic rings. The number of aliphatic hydroxyl groups is 1. The van der Waals surface area contributed by atoms with Gasteiger partial charge in [0, 0.05) is 17.6 Å². The van der Waals surface area contributed by atoms with Crippen molar-refractivity contribution in [2.45, 2.75) is 20.3 Å². The van der Waals surface area contributed by atoms with Gasteiger partial charge in [-0.2, -0.15) is 0 Å². The first-order valence-electron chi connectivity index (χ1n) is 6.08. The molecule has 4 heteroatoms. The summed E-state index contributed by atoms with van der Waals surface area (Å²) in [5, 5.41) is 12.6. The van der Waals surface area contributed by atoms with Gasteiger partial charge in [0.1, 0.15) is 0 Å². The van der Waals surface area contributed by atoms with Gasteiger partial charge >= 0.3 is 5.97 Å². The van der Waals surface area contributed by atoms with E-state index in [1.165, 1.54) is 7.11 Å². The molecule has 18 heavy (non-hydrogen) atoms. The molecule has 0 saturated heterocycles. The highest BCUT2D eigenvalue weighted by molar-refractivity contribution is 5.90. The van der Waals surface area contributed by atoms with Crippen LogP contribution in [0.4, 0.5) is 5.69 Å². The molecule has 0 amide bonds.